The standard InChI is InChI=1S/C21H22O6/c1-5-6-12-9-14-18(21(23)26-4)19(27-20(14)17(10-12)25-3)13-7-8-15(22)16(11-13)24-2/h5-11,18-19,22H,1-4H3/b6-5+/t18-,19+/m0/s1. The topological polar surface area (TPSA) is 74.2 Å². The van der Waals surface area contributed by atoms with E-state index in [1.807, 2.05) is 31.2 Å². The molecule has 0 radical (unpaired) electrons. The normalized spacial score (nSPS) is 18.1. The molecule has 0 spiro atoms. The molecular weight excluding hydrogens is 348 g/mol. The molecule has 142 valence electrons. The number of rotatable bonds is 5. The summed E-state index contributed by atoms with van der Waals surface area (Å²) in [5.41, 5.74) is 2.28. The van der Waals surface area contributed by atoms with Crippen molar-refractivity contribution in [2.45, 2.75) is 18.9 Å². The number of methoxy groups -OCH3 is 3. The fraction of sp³-hybridized carbons (Fsp3) is 0.286. The largest absolute Gasteiger partial charge is 0.504 e. The maximum absolute atomic E-state index is 12.6. The Bertz CT molecular complexity index is 886. The zero-order valence-corrected chi connectivity index (χ0v) is 15.7. The highest BCUT2D eigenvalue weighted by atomic mass is 16.5. The third-order valence-corrected chi connectivity index (χ3v) is 4.55. The molecule has 1 N–H and O–H groups in total. The van der Waals surface area contributed by atoms with Gasteiger partial charge in [-0.05, 0) is 42.3 Å². The highest BCUT2D eigenvalue weighted by Gasteiger charge is 2.43. The molecule has 6 nitrogen and oxygen atoms in total. The number of hydrogen-bond acceptors (Lipinski definition) is 6. The third kappa shape index (κ3) is 3.30. The van der Waals surface area contributed by atoms with Crippen molar-refractivity contribution in [3.8, 4) is 23.0 Å². The average Bonchev–Trinajstić information content (AvgIpc) is 3.06. The lowest BCUT2D eigenvalue weighted by atomic mass is 9.90. The molecule has 1 heterocycles. The van der Waals surface area contributed by atoms with E-state index in [-0.39, 0.29) is 5.75 Å². The highest BCUT2D eigenvalue weighted by molar-refractivity contribution is 5.83. The van der Waals surface area contributed by atoms with Crippen molar-refractivity contribution in [3.05, 3.63) is 53.1 Å². The highest BCUT2D eigenvalue weighted by Crippen LogP contribution is 2.52. The Morgan fingerprint density at radius 3 is 2.48 bits per heavy atom. The summed E-state index contributed by atoms with van der Waals surface area (Å²) >= 11 is 0. The maximum Gasteiger partial charge on any atom is 0.317 e. The summed E-state index contributed by atoms with van der Waals surface area (Å²) in [7, 11) is 4.37. The Hall–Kier alpha value is -3.15. The molecule has 6 heteroatoms. The number of phenolic OH excluding ortho intramolecular Hbond substituents is 1. The minimum atomic E-state index is -0.668. The van der Waals surface area contributed by atoms with Gasteiger partial charge in [-0.2, -0.15) is 0 Å². The van der Waals surface area contributed by atoms with Crippen LogP contribution in [0.4, 0.5) is 0 Å². The van der Waals surface area contributed by atoms with E-state index in [2.05, 4.69) is 0 Å². The van der Waals surface area contributed by atoms with Crippen LogP contribution in [-0.4, -0.2) is 32.4 Å². The first kappa shape index (κ1) is 18.6. The van der Waals surface area contributed by atoms with Crippen LogP contribution in [0, 0.1) is 0 Å². The minimum absolute atomic E-state index is 0.0133. The predicted molar refractivity (Wildman–Crippen MR) is 100 cm³/mol. The van der Waals surface area contributed by atoms with E-state index < -0.39 is 18.0 Å². The van der Waals surface area contributed by atoms with Gasteiger partial charge in [-0.1, -0.05) is 18.2 Å². The molecule has 3 rings (SSSR count). The van der Waals surface area contributed by atoms with Gasteiger partial charge in [0.25, 0.3) is 0 Å². The zero-order chi connectivity index (χ0) is 19.6. The first-order chi connectivity index (χ1) is 13.0. The second-order valence-electron chi connectivity index (χ2n) is 6.11. The summed E-state index contributed by atoms with van der Waals surface area (Å²) in [6.07, 6.45) is 3.21. The lowest BCUT2D eigenvalue weighted by Gasteiger charge is -2.18. The summed E-state index contributed by atoms with van der Waals surface area (Å²) in [4.78, 5) is 12.6. The van der Waals surface area contributed by atoms with Crippen molar-refractivity contribution in [3.63, 3.8) is 0 Å². The Kier molecular flexibility index (Phi) is 5.26. The number of esters is 1. The Labute approximate surface area is 157 Å². The van der Waals surface area contributed by atoms with Crippen molar-refractivity contribution in [1.29, 1.82) is 0 Å². The van der Waals surface area contributed by atoms with E-state index >= 15 is 0 Å². The van der Waals surface area contributed by atoms with Crippen LogP contribution in [-0.2, 0) is 9.53 Å². The lowest BCUT2D eigenvalue weighted by Crippen LogP contribution is -2.20. The smallest absolute Gasteiger partial charge is 0.317 e. The van der Waals surface area contributed by atoms with E-state index in [1.165, 1.54) is 20.3 Å². The molecule has 0 unspecified atom stereocenters. The molecule has 0 bridgehead atoms. The van der Waals surface area contributed by atoms with Crippen LogP contribution in [0.3, 0.4) is 0 Å². The molecule has 1 aliphatic rings. The van der Waals surface area contributed by atoms with Crippen molar-refractivity contribution >= 4 is 12.0 Å². The van der Waals surface area contributed by atoms with Gasteiger partial charge >= 0.3 is 5.97 Å². The first-order valence-corrected chi connectivity index (χ1v) is 8.50. The van der Waals surface area contributed by atoms with Gasteiger partial charge in [0, 0.05) is 5.56 Å². The molecule has 0 fully saturated rings. The van der Waals surface area contributed by atoms with E-state index in [4.69, 9.17) is 18.9 Å². The van der Waals surface area contributed by atoms with Gasteiger partial charge in [0.2, 0.25) is 0 Å². The number of hydrogen-bond donors (Lipinski definition) is 1. The molecule has 2 atom stereocenters. The summed E-state index contributed by atoms with van der Waals surface area (Å²) in [5, 5.41) is 9.87. The number of carbonyl (C=O) groups excluding carboxylic acids is 1. The Morgan fingerprint density at radius 2 is 1.85 bits per heavy atom. The van der Waals surface area contributed by atoms with Crippen LogP contribution in [0.15, 0.2) is 36.4 Å². The van der Waals surface area contributed by atoms with Crippen molar-refractivity contribution in [2.24, 2.45) is 0 Å². The van der Waals surface area contributed by atoms with Crippen LogP contribution in [0.5, 0.6) is 23.0 Å². The third-order valence-electron chi connectivity index (χ3n) is 4.55. The van der Waals surface area contributed by atoms with E-state index in [0.29, 0.717) is 28.4 Å². The average molecular weight is 370 g/mol. The number of ether oxygens (including phenoxy) is 4. The lowest BCUT2D eigenvalue weighted by molar-refractivity contribution is -0.144. The van der Waals surface area contributed by atoms with Crippen molar-refractivity contribution in [2.75, 3.05) is 21.3 Å². The molecule has 2 aromatic carbocycles. The zero-order valence-electron chi connectivity index (χ0n) is 15.7. The van der Waals surface area contributed by atoms with Crippen LogP contribution < -0.4 is 14.2 Å². The second-order valence-corrected chi connectivity index (χ2v) is 6.11. The second kappa shape index (κ2) is 7.61. The monoisotopic (exact) mass is 370 g/mol. The van der Waals surface area contributed by atoms with E-state index in [9.17, 15) is 9.90 Å². The number of aromatic hydroxyl groups is 1. The summed E-state index contributed by atoms with van der Waals surface area (Å²) in [6, 6.07) is 8.62. The summed E-state index contributed by atoms with van der Waals surface area (Å²) in [5.74, 6) is 0.293. The summed E-state index contributed by atoms with van der Waals surface area (Å²) in [6.45, 7) is 1.92. The van der Waals surface area contributed by atoms with Crippen molar-refractivity contribution < 1.29 is 28.8 Å². The van der Waals surface area contributed by atoms with Crippen LogP contribution in [0.2, 0.25) is 0 Å². The molecule has 0 saturated heterocycles. The predicted octanol–water partition coefficient (Wildman–Crippen LogP) is 3.83. The number of allylic oxidation sites excluding steroid dienone is 1. The quantitative estimate of drug-likeness (QED) is 0.807. The molecule has 0 saturated carbocycles. The number of carbonyl (C=O) groups is 1. The van der Waals surface area contributed by atoms with Gasteiger partial charge in [-0.25, -0.2) is 0 Å². The fourth-order valence-electron chi connectivity index (χ4n) is 3.31. The van der Waals surface area contributed by atoms with Crippen LogP contribution in [0.25, 0.3) is 6.08 Å². The molecule has 0 aromatic heterocycles. The van der Waals surface area contributed by atoms with E-state index in [1.54, 1.807) is 19.2 Å². The molecule has 27 heavy (non-hydrogen) atoms. The van der Waals surface area contributed by atoms with Gasteiger partial charge < -0.3 is 24.1 Å². The summed E-state index contributed by atoms with van der Waals surface area (Å²) < 4.78 is 21.8. The first-order valence-electron chi connectivity index (χ1n) is 8.50. The Balaban J connectivity index is 2.15. The van der Waals surface area contributed by atoms with Gasteiger partial charge in [0.1, 0.15) is 12.0 Å². The minimum Gasteiger partial charge on any atom is -0.504 e. The molecule has 2 aromatic rings. The van der Waals surface area contributed by atoms with Gasteiger partial charge in [0.15, 0.2) is 23.0 Å². The molecule has 0 aliphatic carbocycles. The van der Waals surface area contributed by atoms with Crippen LogP contribution >= 0.6 is 0 Å². The van der Waals surface area contributed by atoms with Crippen molar-refractivity contribution in [1.82, 2.24) is 0 Å². The number of phenols is 1. The van der Waals surface area contributed by atoms with Gasteiger partial charge in [-0.15, -0.1) is 0 Å². The molecule has 1 aliphatic heterocycles. The van der Waals surface area contributed by atoms with Gasteiger partial charge in [0.05, 0.1) is 21.3 Å². The SMILES string of the molecule is C/C=C/c1cc(OC)c2c(c1)[C@H](C(=O)OC)[C@@H](c1ccc(O)c(OC)c1)O2. The van der Waals surface area contributed by atoms with Gasteiger partial charge in [-0.3, -0.25) is 4.79 Å². The fourth-order valence-corrected chi connectivity index (χ4v) is 3.31. The number of benzene rings is 2. The maximum atomic E-state index is 12.6. The number of fused-ring (bicyclic) bond motifs is 1. The Morgan fingerprint density at radius 1 is 1.11 bits per heavy atom. The molecule has 0 amide bonds. The molecular formula is C21H22O6. The van der Waals surface area contributed by atoms with Crippen LogP contribution in [0.1, 0.15) is 35.6 Å². The van der Waals surface area contributed by atoms with E-state index in [0.717, 1.165) is 5.56 Å².